The van der Waals surface area contributed by atoms with Crippen molar-refractivity contribution in [1.29, 1.82) is 0 Å². The molecule has 2 nitrogen and oxygen atoms in total. The summed E-state index contributed by atoms with van der Waals surface area (Å²) in [5, 5.41) is 0. The van der Waals surface area contributed by atoms with Gasteiger partial charge in [0.15, 0.2) is 0 Å². The lowest BCUT2D eigenvalue weighted by Crippen LogP contribution is -2.05. The Morgan fingerprint density at radius 3 is 2.58 bits per heavy atom. The highest BCUT2D eigenvalue weighted by Crippen LogP contribution is 2.15. The minimum absolute atomic E-state index is 0. The maximum Gasteiger partial charge on any atom is 0.0346 e. The zero-order chi connectivity index (χ0) is 8.27. The quantitative estimate of drug-likeness (QED) is 0.688. The van der Waals surface area contributed by atoms with Crippen LogP contribution in [0.15, 0.2) is 18.2 Å². The van der Waals surface area contributed by atoms with E-state index in [2.05, 4.69) is 6.07 Å². The van der Waals surface area contributed by atoms with Crippen LogP contribution in [0.2, 0.25) is 0 Å². The molecule has 3 heteroatoms. The Bertz CT molecular complexity index is 248. The van der Waals surface area contributed by atoms with Crippen LogP contribution in [0.5, 0.6) is 0 Å². The normalized spacial score (nSPS) is 9.17. The van der Waals surface area contributed by atoms with Crippen molar-refractivity contribution in [1.82, 2.24) is 0 Å². The summed E-state index contributed by atoms with van der Waals surface area (Å²) >= 11 is 0. The summed E-state index contributed by atoms with van der Waals surface area (Å²) in [4.78, 5) is 0. The Morgan fingerprint density at radius 1 is 1.33 bits per heavy atom. The molecule has 1 rings (SSSR count). The van der Waals surface area contributed by atoms with Crippen LogP contribution < -0.4 is 11.5 Å². The van der Waals surface area contributed by atoms with Crippen LogP contribution in [0.4, 0.5) is 5.69 Å². The van der Waals surface area contributed by atoms with Gasteiger partial charge in [0.25, 0.3) is 0 Å². The zero-order valence-electron chi connectivity index (χ0n) is 7.21. The van der Waals surface area contributed by atoms with Gasteiger partial charge in [0, 0.05) is 5.69 Å². The molecule has 0 bridgehead atoms. The standard InChI is InChI=1S/C9H14N2.ClH/c1-7-8(5-6-10)3-2-4-9(7)11;/h2-4H,5-6,10-11H2,1H3;1H. The van der Waals surface area contributed by atoms with Crippen LogP contribution in [-0.4, -0.2) is 6.54 Å². The molecule has 0 saturated heterocycles. The number of hydrogen-bond donors (Lipinski definition) is 2. The molecular weight excluding hydrogens is 172 g/mol. The molecule has 0 aliphatic heterocycles. The molecule has 1 aromatic rings. The second-order valence-corrected chi connectivity index (χ2v) is 2.67. The van der Waals surface area contributed by atoms with E-state index >= 15 is 0 Å². The SMILES string of the molecule is Cc1c(N)cccc1CCN.Cl. The highest BCUT2D eigenvalue weighted by atomic mass is 35.5. The number of rotatable bonds is 2. The van der Waals surface area contributed by atoms with Crippen molar-refractivity contribution in [3.8, 4) is 0 Å². The van der Waals surface area contributed by atoms with Crippen molar-refractivity contribution in [2.24, 2.45) is 5.73 Å². The van der Waals surface area contributed by atoms with Gasteiger partial charge in [-0.1, -0.05) is 12.1 Å². The fourth-order valence-electron chi connectivity index (χ4n) is 1.13. The Morgan fingerprint density at radius 2 is 2.00 bits per heavy atom. The van der Waals surface area contributed by atoms with Gasteiger partial charge in [-0.05, 0) is 37.1 Å². The average Bonchev–Trinajstić information content (AvgIpc) is 1.99. The molecule has 1 aromatic carbocycles. The number of halogens is 1. The largest absolute Gasteiger partial charge is 0.399 e. The molecule has 0 unspecified atom stereocenters. The van der Waals surface area contributed by atoms with Crippen LogP contribution >= 0.6 is 12.4 Å². The highest BCUT2D eigenvalue weighted by Gasteiger charge is 1.98. The van der Waals surface area contributed by atoms with E-state index in [1.807, 2.05) is 19.1 Å². The molecule has 0 aliphatic rings. The van der Waals surface area contributed by atoms with E-state index in [0.717, 1.165) is 17.7 Å². The van der Waals surface area contributed by atoms with Gasteiger partial charge in [-0.25, -0.2) is 0 Å². The van der Waals surface area contributed by atoms with Crippen molar-refractivity contribution in [3.05, 3.63) is 29.3 Å². The molecule has 0 fully saturated rings. The predicted molar refractivity (Wildman–Crippen MR) is 55.6 cm³/mol. The molecule has 0 saturated carbocycles. The summed E-state index contributed by atoms with van der Waals surface area (Å²) in [5.41, 5.74) is 14.4. The number of nitrogens with two attached hydrogens (primary N) is 2. The minimum Gasteiger partial charge on any atom is -0.399 e. The van der Waals surface area contributed by atoms with Crippen molar-refractivity contribution in [2.45, 2.75) is 13.3 Å². The number of hydrogen-bond acceptors (Lipinski definition) is 2. The molecule has 0 aromatic heterocycles. The highest BCUT2D eigenvalue weighted by molar-refractivity contribution is 5.85. The summed E-state index contributed by atoms with van der Waals surface area (Å²) in [6.07, 6.45) is 0.914. The van der Waals surface area contributed by atoms with Gasteiger partial charge in [0.1, 0.15) is 0 Å². The average molecular weight is 187 g/mol. The first-order valence-corrected chi connectivity index (χ1v) is 3.79. The third kappa shape index (κ3) is 2.40. The van der Waals surface area contributed by atoms with E-state index in [9.17, 15) is 0 Å². The first-order valence-electron chi connectivity index (χ1n) is 3.79. The first kappa shape index (κ1) is 11.3. The molecule has 68 valence electrons. The summed E-state index contributed by atoms with van der Waals surface area (Å²) in [5.74, 6) is 0. The van der Waals surface area contributed by atoms with Crippen molar-refractivity contribution >= 4 is 18.1 Å². The lowest BCUT2D eigenvalue weighted by Gasteiger charge is -2.05. The molecule has 0 radical (unpaired) electrons. The Labute approximate surface area is 79.4 Å². The molecule has 0 heterocycles. The van der Waals surface area contributed by atoms with Crippen molar-refractivity contribution in [2.75, 3.05) is 12.3 Å². The zero-order valence-corrected chi connectivity index (χ0v) is 8.03. The van der Waals surface area contributed by atoms with Crippen LogP contribution in [0, 0.1) is 6.92 Å². The summed E-state index contributed by atoms with van der Waals surface area (Å²) in [6.45, 7) is 2.71. The maximum atomic E-state index is 5.71. The van der Waals surface area contributed by atoms with Gasteiger partial charge in [0.2, 0.25) is 0 Å². The van der Waals surface area contributed by atoms with Gasteiger partial charge in [0.05, 0.1) is 0 Å². The molecular formula is C9H15ClN2. The third-order valence-corrected chi connectivity index (χ3v) is 1.90. The van der Waals surface area contributed by atoms with Crippen molar-refractivity contribution in [3.63, 3.8) is 0 Å². The van der Waals surface area contributed by atoms with E-state index in [1.165, 1.54) is 5.56 Å². The van der Waals surface area contributed by atoms with Gasteiger partial charge in [-0.2, -0.15) is 0 Å². The van der Waals surface area contributed by atoms with E-state index in [4.69, 9.17) is 11.5 Å². The minimum atomic E-state index is 0. The van der Waals surface area contributed by atoms with Gasteiger partial charge in [-0.3, -0.25) is 0 Å². The molecule has 0 amide bonds. The van der Waals surface area contributed by atoms with Crippen LogP contribution in [-0.2, 0) is 6.42 Å². The smallest absolute Gasteiger partial charge is 0.0346 e. The fourth-order valence-corrected chi connectivity index (χ4v) is 1.13. The first-order chi connectivity index (χ1) is 5.25. The number of anilines is 1. The molecule has 12 heavy (non-hydrogen) atoms. The van der Waals surface area contributed by atoms with E-state index in [-0.39, 0.29) is 12.4 Å². The monoisotopic (exact) mass is 186 g/mol. The van der Waals surface area contributed by atoms with Crippen LogP contribution in [0.25, 0.3) is 0 Å². The molecule has 0 atom stereocenters. The molecule has 4 N–H and O–H groups in total. The van der Waals surface area contributed by atoms with Crippen LogP contribution in [0.3, 0.4) is 0 Å². The third-order valence-electron chi connectivity index (χ3n) is 1.90. The van der Waals surface area contributed by atoms with E-state index < -0.39 is 0 Å². The number of benzene rings is 1. The lowest BCUT2D eigenvalue weighted by molar-refractivity contribution is 0.959. The fraction of sp³-hybridized carbons (Fsp3) is 0.333. The lowest BCUT2D eigenvalue weighted by atomic mass is 10.0. The molecule has 0 aliphatic carbocycles. The summed E-state index contributed by atoms with van der Waals surface area (Å²) in [7, 11) is 0. The maximum absolute atomic E-state index is 5.71. The summed E-state index contributed by atoms with van der Waals surface area (Å²) in [6, 6.07) is 5.95. The van der Waals surface area contributed by atoms with Crippen LogP contribution in [0.1, 0.15) is 11.1 Å². The number of nitrogen functional groups attached to an aromatic ring is 1. The van der Waals surface area contributed by atoms with E-state index in [0.29, 0.717) is 6.54 Å². The second-order valence-electron chi connectivity index (χ2n) is 2.67. The Kier molecular flexibility index (Phi) is 4.71. The molecule has 0 spiro atoms. The van der Waals surface area contributed by atoms with Gasteiger partial charge < -0.3 is 11.5 Å². The second kappa shape index (κ2) is 5.01. The Hall–Kier alpha value is -0.730. The van der Waals surface area contributed by atoms with Crippen molar-refractivity contribution < 1.29 is 0 Å². The topological polar surface area (TPSA) is 52.0 Å². The summed E-state index contributed by atoms with van der Waals surface area (Å²) < 4.78 is 0. The van der Waals surface area contributed by atoms with Gasteiger partial charge >= 0.3 is 0 Å². The van der Waals surface area contributed by atoms with E-state index in [1.54, 1.807) is 0 Å². The Balaban J connectivity index is 0.00000121. The van der Waals surface area contributed by atoms with Gasteiger partial charge in [-0.15, -0.1) is 12.4 Å². The predicted octanol–water partition coefficient (Wildman–Crippen LogP) is 1.50.